The molecule has 4 rings (SSSR count). The molecule has 0 radical (unpaired) electrons. The van der Waals surface area contributed by atoms with Crippen LogP contribution in [0.2, 0.25) is 0 Å². The van der Waals surface area contributed by atoms with Crippen molar-refractivity contribution < 1.29 is 35.5 Å². The van der Waals surface area contributed by atoms with E-state index in [9.17, 15) is 30.8 Å². The average Bonchev–Trinajstić information content (AvgIpc) is 3.33. The predicted octanol–water partition coefficient (Wildman–Crippen LogP) is 3.60. The summed E-state index contributed by atoms with van der Waals surface area (Å²) in [5.41, 5.74) is 1.07. The fourth-order valence-electron chi connectivity index (χ4n) is 3.51. The number of amides is 1. The van der Waals surface area contributed by atoms with Gasteiger partial charge in [0.2, 0.25) is 0 Å². The Balaban J connectivity index is 1.62. The Kier molecular flexibility index (Phi) is 6.07. The molecule has 0 aliphatic carbocycles. The first-order chi connectivity index (χ1) is 16.2. The molecule has 0 bridgehead atoms. The van der Waals surface area contributed by atoms with Crippen molar-refractivity contribution in [2.75, 3.05) is 6.26 Å². The molecule has 3 heterocycles. The van der Waals surface area contributed by atoms with Crippen LogP contribution in [0.4, 0.5) is 17.6 Å². The van der Waals surface area contributed by atoms with Gasteiger partial charge in [-0.3, -0.25) is 4.79 Å². The van der Waals surface area contributed by atoms with Gasteiger partial charge in [-0.25, -0.2) is 22.5 Å². The molecule has 8 nitrogen and oxygen atoms in total. The van der Waals surface area contributed by atoms with Crippen LogP contribution in [0, 0.1) is 12.7 Å². The van der Waals surface area contributed by atoms with E-state index in [0.717, 1.165) is 31.4 Å². The Labute approximate surface area is 198 Å². The number of fused-ring (bicyclic) bond motifs is 1. The number of carbonyl (C=O) groups is 1. The first-order valence-electron chi connectivity index (χ1n) is 10.3. The zero-order valence-electron chi connectivity index (χ0n) is 18.8. The lowest BCUT2D eigenvalue weighted by atomic mass is 10.1. The molecule has 186 valence electrons. The summed E-state index contributed by atoms with van der Waals surface area (Å²) in [7, 11) is -3.74. The highest BCUT2D eigenvalue weighted by atomic mass is 32.2. The standard InChI is InChI=1S/C22H20F4N4O4S/c1-12-17(23)5-7-20(27-12)30-10-14-9-29(11-18(14)28-30)21(31)16-8-15(35(3,32)33)4-6-19(16)34-13(2)22(24,25)26/h4-8,10,13H,9,11H2,1-3H3/t13-/m0/s1. The third kappa shape index (κ3) is 4.99. The molecule has 0 spiro atoms. The molecule has 0 saturated carbocycles. The minimum absolute atomic E-state index is 0.0265. The van der Waals surface area contributed by atoms with E-state index in [1.54, 1.807) is 6.20 Å². The first-order valence-corrected chi connectivity index (χ1v) is 12.2. The summed E-state index contributed by atoms with van der Waals surface area (Å²) >= 11 is 0. The lowest BCUT2D eigenvalue weighted by Crippen LogP contribution is -2.33. The number of carbonyl (C=O) groups excluding carboxylic acids is 1. The van der Waals surface area contributed by atoms with E-state index in [4.69, 9.17) is 4.74 Å². The van der Waals surface area contributed by atoms with Gasteiger partial charge in [0.05, 0.1) is 28.4 Å². The van der Waals surface area contributed by atoms with Gasteiger partial charge in [0.1, 0.15) is 11.6 Å². The summed E-state index contributed by atoms with van der Waals surface area (Å²) in [6.07, 6.45) is -4.35. The summed E-state index contributed by atoms with van der Waals surface area (Å²) in [5.74, 6) is -1.17. The van der Waals surface area contributed by atoms with Crippen LogP contribution in [-0.4, -0.2) is 52.5 Å². The molecule has 2 aromatic heterocycles. The molecule has 0 saturated heterocycles. The third-order valence-electron chi connectivity index (χ3n) is 5.48. The molecule has 1 aromatic carbocycles. The van der Waals surface area contributed by atoms with Gasteiger partial charge in [-0.1, -0.05) is 0 Å². The Morgan fingerprint density at radius 3 is 2.49 bits per heavy atom. The summed E-state index contributed by atoms with van der Waals surface area (Å²) in [6, 6.07) is 5.86. The number of aryl methyl sites for hydroxylation is 1. The largest absolute Gasteiger partial charge is 0.480 e. The summed E-state index contributed by atoms with van der Waals surface area (Å²) in [4.78, 5) is 18.5. The number of pyridine rings is 1. The smallest absolute Gasteiger partial charge is 0.425 e. The van der Waals surface area contributed by atoms with Crippen molar-refractivity contribution in [2.24, 2.45) is 0 Å². The molecular formula is C22H20F4N4O4S. The van der Waals surface area contributed by atoms with Crippen molar-refractivity contribution in [3.05, 3.63) is 64.9 Å². The molecule has 1 aliphatic heterocycles. The second-order valence-corrected chi connectivity index (χ2v) is 10.2. The van der Waals surface area contributed by atoms with Gasteiger partial charge in [0.25, 0.3) is 5.91 Å². The Morgan fingerprint density at radius 1 is 1.17 bits per heavy atom. The topological polar surface area (TPSA) is 94.4 Å². The van der Waals surface area contributed by atoms with Gasteiger partial charge in [-0.2, -0.15) is 18.3 Å². The van der Waals surface area contributed by atoms with Crippen LogP contribution < -0.4 is 4.74 Å². The fourth-order valence-corrected chi connectivity index (χ4v) is 4.16. The van der Waals surface area contributed by atoms with Crippen LogP contribution in [0.3, 0.4) is 0 Å². The lowest BCUT2D eigenvalue weighted by molar-refractivity contribution is -0.189. The van der Waals surface area contributed by atoms with Gasteiger partial charge < -0.3 is 9.64 Å². The molecule has 0 unspecified atom stereocenters. The lowest BCUT2D eigenvalue weighted by Gasteiger charge is -2.22. The maximum absolute atomic E-state index is 13.5. The van der Waals surface area contributed by atoms with Gasteiger partial charge in [-0.05, 0) is 44.2 Å². The minimum atomic E-state index is -4.68. The molecule has 0 N–H and O–H groups in total. The van der Waals surface area contributed by atoms with Crippen LogP contribution >= 0.6 is 0 Å². The highest BCUT2D eigenvalue weighted by molar-refractivity contribution is 7.90. The van der Waals surface area contributed by atoms with E-state index in [0.29, 0.717) is 17.1 Å². The van der Waals surface area contributed by atoms with Crippen LogP contribution in [-0.2, 0) is 22.9 Å². The Bertz CT molecular complexity index is 1400. The highest BCUT2D eigenvalue weighted by Gasteiger charge is 2.39. The van der Waals surface area contributed by atoms with Crippen molar-refractivity contribution in [1.82, 2.24) is 19.7 Å². The van der Waals surface area contributed by atoms with Gasteiger partial charge >= 0.3 is 6.18 Å². The predicted molar refractivity (Wildman–Crippen MR) is 115 cm³/mol. The monoisotopic (exact) mass is 512 g/mol. The number of alkyl halides is 3. The van der Waals surface area contributed by atoms with Crippen molar-refractivity contribution in [2.45, 2.75) is 44.1 Å². The average molecular weight is 512 g/mol. The van der Waals surface area contributed by atoms with Crippen LogP contribution in [0.15, 0.2) is 41.4 Å². The quantitative estimate of drug-likeness (QED) is 0.485. The number of nitrogens with zero attached hydrogens (tertiary/aromatic N) is 4. The van der Waals surface area contributed by atoms with E-state index in [1.807, 2.05) is 0 Å². The second kappa shape index (κ2) is 8.63. The number of halogens is 4. The zero-order valence-corrected chi connectivity index (χ0v) is 19.6. The van der Waals surface area contributed by atoms with Crippen molar-refractivity contribution in [1.29, 1.82) is 0 Å². The number of hydrogen-bond acceptors (Lipinski definition) is 6. The number of rotatable bonds is 5. The summed E-state index contributed by atoms with van der Waals surface area (Å²) in [5, 5.41) is 4.38. The van der Waals surface area contributed by atoms with Gasteiger partial charge in [0.15, 0.2) is 21.8 Å². The fraction of sp³-hybridized carbons (Fsp3) is 0.318. The van der Waals surface area contributed by atoms with Gasteiger partial charge in [-0.15, -0.1) is 0 Å². The van der Waals surface area contributed by atoms with E-state index in [1.165, 1.54) is 28.6 Å². The molecule has 3 aromatic rings. The maximum Gasteiger partial charge on any atom is 0.425 e. The summed E-state index contributed by atoms with van der Waals surface area (Å²) < 4.78 is 83.1. The number of benzene rings is 1. The molecule has 1 aliphatic rings. The zero-order chi connectivity index (χ0) is 25.7. The number of aromatic nitrogens is 3. The Morgan fingerprint density at radius 2 is 1.89 bits per heavy atom. The molecule has 1 amide bonds. The van der Waals surface area contributed by atoms with E-state index >= 15 is 0 Å². The summed E-state index contributed by atoms with van der Waals surface area (Å²) in [6.45, 7) is 2.41. The molecule has 1 atom stereocenters. The molecular weight excluding hydrogens is 492 g/mol. The first kappa shape index (κ1) is 24.6. The molecule has 13 heteroatoms. The van der Waals surface area contributed by atoms with E-state index in [2.05, 4.69) is 10.1 Å². The van der Waals surface area contributed by atoms with Gasteiger partial charge in [0, 0.05) is 24.6 Å². The Hall–Kier alpha value is -3.48. The highest BCUT2D eigenvalue weighted by Crippen LogP contribution is 2.32. The number of sulfone groups is 1. The SMILES string of the molecule is Cc1nc(-n2cc3c(n2)CN(C(=O)c2cc(S(C)(=O)=O)ccc2O[C@@H](C)C(F)(F)F)C3)ccc1F. The minimum Gasteiger partial charge on any atom is -0.480 e. The van der Waals surface area contributed by atoms with Crippen molar-refractivity contribution >= 4 is 15.7 Å². The third-order valence-corrected chi connectivity index (χ3v) is 6.59. The van der Waals surface area contributed by atoms with E-state index < -0.39 is 33.8 Å². The normalized spacial score (nSPS) is 14.7. The second-order valence-electron chi connectivity index (χ2n) is 8.18. The number of ether oxygens (including phenoxy) is 1. The van der Waals surface area contributed by atoms with E-state index in [-0.39, 0.29) is 35.0 Å². The van der Waals surface area contributed by atoms with Crippen LogP contribution in [0.25, 0.3) is 5.82 Å². The molecule has 35 heavy (non-hydrogen) atoms. The van der Waals surface area contributed by atoms with Crippen molar-refractivity contribution in [3.63, 3.8) is 0 Å². The van der Waals surface area contributed by atoms with Crippen LogP contribution in [0.5, 0.6) is 5.75 Å². The van der Waals surface area contributed by atoms with Crippen LogP contribution in [0.1, 0.15) is 34.2 Å². The van der Waals surface area contributed by atoms with Crippen molar-refractivity contribution in [3.8, 4) is 11.6 Å². The maximum atomic E-state index is 13.5. The molecule has 0 fully saturated rings. The number of hydrogen-bond donors (Lipinski definition) is 0.